The van der Waals surface area contributed by atoms with E-state index in [1.165, 1.54) is 11.3 Å². The number of carbonyl (C=O) groups is 2. The first-order chi connectivity index (χ1) is 14.9. The molecule has 0 saturated heterocycles. The molecule has 3 aromatic rings. The molecular weight excluding hydrogens is 434 g/mol. The molecule has 0 bridgehead atoms. The van der Waals surface area contributed by atoms with Gasteiger partial charge in [0.15, 0.2) is 0 Å². The maximum Gasteiger partial charge on any atom is 0.253 e. The first-order valence-corrected chi connectivity index (χ1v) is 11.2. The molecule has 1 aromatic heterocycles. The van der Waals surface area contributed by atoms with Crippen molar-refractivity contribution in [3.8, 4) is 16.3 Å². The number of halogens is 1. The maximum absolute atomic E-state index is 12.7. The highest BCUT2D eigenvalue weighted by atomic mass is 35.5. The average Bonchev–Trinajstić information content (AvgIpc) is 3.16. The van der Waals surface area contributed by atoms with E-state index in [2.05, 4.69) is 15.6 Å². The van der Waals surface area contributed by atoms with Gasteiger partial charge in [0.2, 0.25) is 5.91 Å². The van der Waals surface area contributed by atoms with Crippen LogP contribution >= 0.6 is 22.9 Å². The van der Waals surface area contributed by atoms with Crippen LogP contribution < -0.4 is 15.4 Å². The van der Waals surface area contributed by atoms with Gasteiger partial charge in [0, 0.05) is 16.4 Å². The zero-order valence-electron chi connectivity index (χ0n) is 17.6. The van der Waals surface area contributed by atoms with Crippen LogP contribution in [-0.4, -0.2) is 29.4 Å². The Kier molecular flexibility index (Phi) is 7.65. The molecule has 0 aliphatic rings. The molecule has 162 valence electrons. The molecule has 8 heteroatoms. The van der Waals surface area contributed by atoms with Crippen LogP contribution in [0.1, 0.15) is 36.8 Å². The molecule has 2 N–H and O–H groups in total. The van der Waals surface area contributed by atoms with Crippen molar-refractivity contribution in [1.82, 2.24) is 10.3 Å². The van der Waals surface area contributed by atoms with Gasteiger partial charge in [-0.1, -0.05) is 23.7 Å². The van der Waals surface area contributed by atoms with Crippen molar-refractivity contribution in [2.45, 2.75) is 33.2 Å². The molecule has 0 aliphatic heterocycles. The number of rotatable bonds is 8. The largest absolute Gasteiger partial charge is 0.493 e. The third-order valence-electron chi connectivity index (χ3n) is 4.23. The Labute approximate surface area is 190 Å². The van der Waals surface area contributed by atoms with E-state index in [1.54, 1.807) is 18.2 Å². The fraction of sp³-hybridized carbons (Fsp3) is 0.261. The minimum atomic E-state index is -0.282. The Morgan fingerprint density at radius 3 is 2.71 bits per heavy atom. The van der Waals surface area contributed by atoms with E-state index in [-0.39, 0.29) is 24.3 Å². The average molecular weight is 458 g/mol. The predicted octanol–water partition coefficient (Wildman–Crippen LogP) is 5.18. The minimum Gasteiger partial charge on any atom is -0.493 e. The number of benzene rings is 2. The topological polar surface area (TPSA) is 80.3 Å². The van der Waals surface area contributed by atoms with Crippen LogP contribution in [0.2, 0.25) is 5.02 Å². The molecule has 0 atom stereocenters. The molecule has 0 unspecified atom stereocenters. The van der Waals surface area contributed by atoms with Crippen molar-refractivity contribution < 1.29 is 14.3 Å². The van der Waals surface area contributed by atoms with Crippen molar-refractivity contribution in [3.05, 3.63) is 64.1 Å². The minimum absolute atomic E-state index is 0.0280. The summed E-state index contributed by atoms with van der Waals surface area (Å²) < 4.78 is 5.67. The Morgan fingerprint density at radius 1 is 1.19 bits per heavy atom. The van der Waals surface area contributed by atoms with Gasteiger partial charge in [-0.2, -0.15) is 0 Å². The zero-order chi connectivity index (χ0) is 22.4. The highest BCUT2D eigenvalue weighted by Gasteiger charge is 2.17. The summed E-state index contributed by atoms with van der Waals surface area (Å²) in [6.45, 7) is 6.23. The van der Waals surface area contributed by atoms with Crippen LogP contribution in [0.3, 0.4) is 0 Å². The molecule has 31 heavy (non-hydrogen) atoms. The van der Waals surface area contributed by atoms with Crippen LogP contribution in [0, 0.1) is 0 Å². The molecule has 2 aromatic carbocycles. The van der Waals surface area contributed by atoms with E-state index < -0.39 is 0 Å². The predicted molar refractivity (Wildman–Crippen MR) is 125 cm³/mol. The zero-order valence-corrected chi connectivity index (χ0v) is 19.1. The molecule has 0 spiro atoms. The lowest BCUT2D eigenvalue weighted by Gasteiger charge is -2.13. The lowest BCUT2D eigenvalue weighted by Crippen LogP contribution is -2.31. The van der Waals surface area contributed by atoms with Gasteiger partial charge in [0.25, 0.3) is 5.91 Å². The monoisotopic (exact) mass is 457 g/mol. The number of amides is 2. The number of carbonyl (C=O) groups excluding carboxylic acids is 2. The second kappa shape index (κ2) is 10.4. The van der Waals surface area contributed by atoms with Gasteiger partial charge < -0.3 is 15.4 Å². The highest BCUT2D eigenvalue weighted by Crippen LogP contribution is 2.32. The van der Waals surface area contributed by atoms with Crippen molar-refractivity contribution in [2.24, 2.45) is 0 Å². The van der Waals surface area contributed by atoms with Crippen LogP contribution in [0.4, 0.5) is 5.69 Å². The van der Waals surface area contributed by atoms with Crippen LogP contribution in [0.15, 0.2) is 47.8 Å². The fourth-order valence-electron chi connectivity index (χ4n) is 2.95. The first kappa shape index (κ1) is 22.8. The van der Waals surface area contributed by atoms with Gasteiger partial charge >= 0.3 is 0 Å². The number of anilines is 1. The Bertz CT molecular complexity index is 1080. The van der Waals surface area contributed by atoms with Crippen LogP contribution in [-0.2, 0) is 11.2 Å². The number of para-hydroxylation sites is 1. The Hall–Kier alpha value is -2.90. The smallest absolute Gasteiger partial charge is 0.253 e. The summed E-state index contributed by atoms with van der Waals surface area (Å²) in [5, 5.41) is 8.68. The maximum atomic E-state index is 12.7. The van der Waals surface area contributed by atoms with Gasteiger partial charge in [-0.05, 0) is 51.1 Å². The van der Waals surface area contributed by atoms with Crippen molar-refractivity contribution in [3.63, 3.8) is 0 Å². The normalized spacial score (nSPS) is 10.7. The van der Waals surface area contributed by atoms with Gasteiger partial charge in [-0.3, -0.25) is 9.59 Å². The van der Waals surface area contributed by atoms with E-state index in [4.69, 9.17) is 16.3 Å². The Balaban J connectivity index is 1.74. The number of ether oxygens (including phenoxy) is 1. The van der Waals surface area contributed by atoms with Crippen molar-refractivity contribution in [2.75, 3.05) is 11.9 Å². The summed E-state index contributed by atoms with van der Waals surface area (Å²) in [4.78, 5) is 29.7. The van der Waals surface area contributed by atoms with E-state index in [0.717, 1.165) is 16.3 Å². The molecule has 1 heterocycles. The molecule has 6 nitrogen and oxygen atoms in total. The fourth-order valence-corrected chi connectivity index (χ4v) is 3.97. The number of nitrogens with one attached hydrogen (secondary N) is 2. The second-order valence-electron chi connectivity index (χ2n) is 7.12. The van der Waals surface area contributed by atoms with Crippen molar-refractivity contribution >= 4 is 40.4 Å². The molecule has 0 saturated carbocycles. The SMILES string of the molecule is CCOc1ccccc1-c1nc(CC(=O)Nc2cc(Cl)ccc2C(=O)NC(C)C)cs1. The third-order valence-corrected chi connectivity index (χ3v) is 5.39. The lowest BCUT2D eigenvalue weighted by atomic mass is 10.1. The summed E-state index contributed by atoms with van der Waals surface area (Å²) >= 11 is 7.53. The van der Waals surface area contributed by atoms with Gasteiger partial charge in [0.1, 0.15) is 10.8 Å². The standard InChI is InChI=1S/C23H24ClN3O3S/c1-4-30-20-8-6-5-7-18(20)23-26-16(13-31-23)12-21(28)27-19-11-15(24)9-10-17(19)22(29)25-14(2)3/h5-11,13-14H,4,12H2,1-3H3,(H,25,29)(H,27,28). The van der Waals surface area contributed by atoms with Gasteiger partial charge in [0.05, 0.1) is 35.5 Å². The lowest BCUT2D eigenvalue weighted by molar-refractivity contribution is -0.115. The van der Waals surface area contributed by atoms with E-state index in [1.807, 2.05) is 50.4 Å². The number of thiazole rings is 1. The molecule has 0 radical (unpaired) electrons. The van der Waals surface area contributed by atoms with E-state index in [9.17, 15) is 9.59 Å². The Morgan fingerprint density at radius 2 is 1.97 bits per heavy atom. The quantitative estimate of drug-likeness (QED) is 0.488. The summed E-state index contributed by atoms with van der Waals surface area (Å²) in [5.74, 6) is 0.205. The molecule has 0 fully saturated rings. The van der Waals surface area contributed by atoms with E-state index in [0.29, 0.717) is 28.6 Å². The molecule has 0 aliphatic carbocycles. The third kappa shape index (κ3) is 6.06. The summed E-state index contributed by atoms with van der Waals surface area (Å²) in [6.07, 6.45) is 0.0745. The highest BCUT2D eigenvalue weighted by molar-refractivity contribution is 7.13. The molecule has 3 rings (SSSR count). The summed E-state index contributed by atoms with van der Waals surface area (Å²) in [7, 11) is 0. The second-order valence-corrected chi connectivity index (χ2v) is 8.41. The van der Waals surface area contributed by atoms with Gasteiger partial charge in [-0.25, -0.2) is 4.98 Å². The number of hydrogen-bond donors (Lipinski definition) is 2. The van der Waals surface area contributed by atoms with Gasteiger partial charge in [-0.15, -0.1) is 11.3 Å². The number of aromatic nitrogens is 1. The van der Waals surface area contributed by atoms with Crippen LogP contribution in [0.5, 0.6) is 5.75 Å². The first-order valence-electron chi connectivity index (χ1n) is 9.94. The summed E-state index contributed by atoms with van der Waals surface area (Å²) in [5.41, 5.74) is 2.26. The summed E-state index contributed by atoms with van der Waals surface area (Å²) in [6, 6.07) is 12.4. The van der Waals surface area contributed by atoms with Crippen molar-refractivity contribution in [1.29, 1.82) is 0 Å². The number of hydrogen-bond acceptors (Lipinski definition) is 5. The van der Waals surface area contributed by atoms with E-state index >= 15 is 0 Å². The molecular formula is C23H24ClN3O3S. The number of nitrogens with zero attached hydrogens (tertiary/aromatic N) is 1. The molecule has 2 amide bonds. The van der Waals surface area contributed by atoms with Crippen LogP contribution in [0.25, 0.3) is 10.6 Å².